The second-order valence-corrected chi connectivity index (χ2v) is 4.96. The molecule has 5 nitrogen and oxygen atoms in total. The van der Waals surface area contributed by atoms with Gasteiger partial charge in [0, 0.05) is 13.1 Å². The molecule has 0 bridgehead atoms. The van der Waals surface area contributed by atoms with Crippen LogP contribution in [0.15, 0.2) is 24.3 Å². The van der Waals surface area contributed by atoms with E-state index in [4.69, 9.17) is 0 Å². The van der Waals surface area contributed by atoms with E-state index in [0.29, 0.717) is 18.9 Å². The minimum atomic E-state index is -0.128. The summed E-state index contributed by atoms with van der Waals surface area (Å²) in [5.74, 6) is 0.764. The van der Waals surface area contributed by atoms with Crippen LogP contribution in [0.3, 0.4) is 0 Å². The average Bonchev–Trinajstić information content (AvgIpc) is 2.86. The summed E-state index contributed by atoms with van der Waals surface area (Å²) in [5, 5.41) is 6.66. The van der Waals surface area contributed by atoms with Crippen LogP contribution in [0.2, 0.25) is 0 Å². The van der Waals surface area contributed by atoms with Gasteiger partial charge in [-0.05, 0) is 25.8 Å². The summed E-state index contributed by atoms with van der Waals surface area (Å²) in [6.07, 6.45) is 0.904. The van der Waals surface area contributed by atoms with Crippen LogP contribution in [-0.2, 0) is 6.54 Å². The highest BCUT2D eigenvalue weighted by Crippen LogP contribution is 2.10. The van der Waals surface area contributed by atoms with Crippen molar-refractivity contribution >= 4 is 5.91 Å². The molecule has 0 aliphatic heterocycles. The summed E-state index contributed by atoms with van der Waals surface area (Å²) >= 11 is 0. The van der Waals surface area contributed by atoms with Gasteiger partial charge >= 0.3 is 0 Å². The largest absolute Gasteiger partial charge is 0.332 e. The molecule has 0 spiro atoms. The normalized spacial score (nSPS) is 10.6. The van der Waals surface area contributed by atoms with Crippen molar-refractivity contribution < 1.29 is 4.79 Å². The van der Waals surface area contributed by atoms with Gasteiger partial charge in [-0.25, -0.2) is 4.98 Å². The molecule has 0 radical (unpaired) electrons. The number of H-pyrrole nitrogens is 1. The van der Waals surface area contributed by atoms with Crippen molar-refractivity contribution in [2.24, 2.45) is 0 Å². The standard InChI is InChI=1S/C15H20N4O/c1-4-9-19(10-13-7-5-11(2)6-8-13)15(20)14-16-12(3)17-18-14/h5-8H,4,9-10H2,1-3H3,(H,16,17,18). The SMILES string of the molecule is CCCN(Cc1ccc(C)cc1)C(=O)c1n[nH]c(C)n1. The molecule has 5 heteroatoms. The Bertz CT molecular complexity index is 574. The summed E-state index contributed by atoms with van der Waals surface area (Å²) in [6, 6.07) is 8.21. The summed E-state index contributed by atoms with van der Waals surface area (Å²) < 4.78 is 0. The molecule has 106 valence electrons. The van der Waals surface area contributed by atoms with Crippen molar-refractivity contribution in [3.8, 4) is 0 Å². The lowest BCUT2D eigenvalue weighted by Gasteiger charge is -2.20. The molecule has 20 heavy (non-hydrogen) atoms. The lowest BCUT2D eigenvalue weighted by Crippen LogP contribution is -2.32. The van der Waals surface area contributed by atoms with Gasteiger partial charge in [-0.2, -0.15) is 0 Å². The van der Waals surface area contributed by atoms with Crippen molar-refractivity contribution in [2.45, 2.75) is 33.7 Å². The first-order valence-electron chi connectivity index (χ1n) is 6.84. The summed E-state index contributed by atoms with van der Waals surface area (Å²) in [5.41, 5.74) is 2.33. The molecule has 0 aliphatic carbocycles. The Hall–Kier alpha value is -2.17. The number of aromatic nitrogens is 3. The first kappa shape index (κ1) is 14.2. The predicted molar refractivity (Wildman–Crippen MR) is 77.3 cm³/mol. The number of hydrogen-bond acceptors (Lipinski definition) is 3. The van der Waals surface area contributed by atoms with Crippen LogP contribution in [0.1, 0.15) is 40.9 Å². The number of carbonyl (C=O) groups is 1. The van der Waals surface area contributed by atoms with Crippen LogP contribution in [-0.4, -0.2) is 32.5 Å². The third-order valence-electron chi connectivity index (χ3n) is 3.06. The van der Waals surface area contributed by atoms with Gasteiger partial charge in [0.05, 0.1) is 0 Å². The second-order valence-electron chi connectivity index (χ2n) is 4.96. The number of benzene rings is 1. The minimum Gasteiger partial charge on any atom is -0.332 e. The quantitative estimate of drug-likeness (QED) is 0.909. The number of aryl methyl sites for hydroxylation is 2. The zero-order chi connectivity index (χ0) is 14.5. The molecule has 1 aromatic heterocycles. The molecule has 0 unspecified atom stereocenters. The average molecular weight is 272 g/mol. The molecule has 0 saturated heterocycles. The van der Waals surface area contributed by atoms with Crippen molar-refractivity contribution in [3.05, 3.63) is 47.0 Å². The van der Waals surface area contributed by atoms with Crippen LogP contribution in [0, 0.1) is 13.8 Å². The molecule has 1 heterocycles. The molecule has 0 saturated carbocycles. The van der Waals surface area contributed by atoms with E-state index in [1.165, 1.54) is 5.56 Å². The number of nitrogens with zero attached hydrogens (tertiary/aromatic N) is 3. The van der Waals surface area contributed by atoms with Crippen LogP contribution in [0.25, 0.3) is 0 Å². The fraction of sp³-hybridized carbons (Fsp3) is 0.400. The maximum atomic E-state index is 12.4. The summed E-state index contributed by atoms with van der Waals surface area (Å²) in [6.45, 7) is 7.17. The Morgan fingerprint density at radius 2 is 1.95 bits per heavy atom. The van der Waals surface area contributed by atoms with Crippen molar-refractivity contribution in [1.82, 2.24) is 20.1 Å². The van der Waals surface area contributed by atoms with E-state index in [0.717, 1.165) is 12.0 Å². The van der Waals surface area contributed by atoms with Crippen molar-refractivity contribution in [1.29, 1.82) is 0 Å². The maximum Gasteiger partial charge on any atom is 0.293 e. The van der Waals surface area contributed by atoms with Gasteiger partial charge in [0.2, 0.25) is 5.82 Å². The smallest absolute Gasteiger partial charge is 0.293 e. The number of hydrogen-bond donors (Lipinski definition) is 1. The van der Waals surface area contributed by atoms with Gasteiger partial charge in [0.1, 0.15) is 5.82 Å². The third kappa shape index (κ3) is 3.44. The zero-order valence-corrected chi connectivity index (χ0v) is 12.2. The van der Waals surface area contributed by atoms with Gasteiger partial charge in [-0.3, -0.25) is 9.89 Å². The molecule has 1 N–H and O–H groups in total. The van der Waals surface area contributed by atoms with E-state index in [9.17, 15) is 4.79 Å². The van der Waals surface area contributed by atoms with E-state index >= 15 is 0 Å². The van der Waals surface area contributed by atoms with E-state index in [-0.39, 0.29) is 11.7 Å². The Labute approximate surface area is 119 Å². The van der Waals surface area contributed by atoms with Crippen LogP contribution < -0.4 is 0 Å². The number of aromatic amines is 1. The first-order chi connectivity index (χ1) is 9.60. The molecule has 1 aromatic carbocycles. The van der Waals surface area contributed by atoms with Crippen LogP contribution in [0.4, 0.5) is 0 Å². The molecular weight excluding hydrogens is 252 g/mol. The number of rotatable bonds is 5. The van der Waals surface area contributed by atoms with Gasteiger partial charge < -0.3 is 4.90 Å². The minimum absolute atomic E-state index is 0.128. The van der Waals surface area contributed by atoms with E-state index in [1.54, 1.807) is 11.8 Å². The van der Waals surface area contributed by atoms with Crippen LogP contribution >= 0.6 is 0 Å². The third-order valence-corrected chi connectivity index (χ3v) is 3.06. The highest BCUT2D eigenvalue weighted by Gasteiger charge is 2.19. The molecule has 0 fully saturated rings. The molecule has 0 aliphatic rings. The maximum absolute atomic E-state index is 12.4. The van der Waals surface area contributed by atoms with E-state index in [1.807, 2.05) is 0 Å². The van der Waals surface area contributed by atoms with E-state index < -0.39 is 0 Å². The fourth-order valence-corrected chi connectivity index (χ4v) is 2.02. The lowest BCUT2D eigenvalue weighted by atomic mass is 10.1. The highest BCUT2D eigenvalue weighted by atomic mass is 16.2. The monoisotopic (exact) mass is 272 g/mol. The number of nitrogens with one attached hydrogen (secondary N) is 1. The molecule has 2 rings (SSSR count). The van der Waals surface area contributed by atoms with Gasteiger partial charge in [-0.15, -0.1) is 5.10 Å². The second kappa shape index (κ2) is 6.32. The predicted octanol–water partition coefficient (Wildman–Crippen LogP) is 2.47. The summed E-state index contributed by atoms with van der Waals surface area (Å²) in [4.78, 5) is 18.3. The number of carbonyl (C=O) groups excluding carboxylic acids is 1. The topological polar surface area (TPSA) is 61.9 Å². The van der Waals surface area contributed by atoms with Crippen molar-refractivity contribution in [2.75, 3.05) is 6.54 Å². The van der Waals surface area contributed by atoms with E-state index in [2.05, 4.69) is 53.3 Å². The summed E-state index contributed by atoms with van der Waals surface area (Å²) in [7, 11) is 0. The highest BCUT2D eigenvalue weighted by molar-refractivity contribution is 5.90. The Morgan fingerprint density at radius 3 is 2.50 bits per heavy atom. The first-order valence-corrected chi connectivity index (χ1v) is 6.84. The van der Waals surface area contributed by atoms with Gasteiger partial charge in [0.25, 0.3) is 5.91 Å². The molecule has 0 atom stereocenters. The van der Waals surface area contributed by atoms with Crippen LogP contribution in [0.5, 0.6) is 0 Å². The molecule has 1 amide bonds. The Morgan fingerprint density at radius 1 is 1.25 bits per heavy atom. The lowest BCUT2D eigenvalue weighted by molar-refractivity contribution is 0.0731. The molecule has 2 aromatic rings. The van der Waals surface area contributed by atoms with Crippen molar-refractivity contribution in [3.63, 3.8) is 0 Å². The van der Waals surface area contributed by atoms with Gasteiger partial charge in [0.15, 0.2) is 0 Å². The fourth-order valence-electron chi connectivity index (χ4n) is 2.02. The Kier molecular flexibility index (Phi) is 4.50. The Balaban J connectivity index is 2.14. The molecular formula is C15H20N4O. The van der Waals surface area contributed by atoms with Gasteiger partial charge in [-0.1, -0.05) is 36.8 Å². The zero-order valence-electron chi connectivity index (χ0n) is 12.2. The number of amides is 1.